The van der Waals surface area contributed by atoms with Gasteiger partial charge in [0, 0.05) is 22.5 Å². The van der Waals surface area contributed by atoms with Gasteiger partial charge in [-0.25, -0.2) is 0 Å². The van der Waals surface area contributed by atoms with Crippen LogP contribution in [0.5, 0.6) is 11.5 Å². The molecule has 5 nitrogen and oxygen atoms in total. The maximum atomic E-state index is 13.6. The summed E-state index contributed by atoms with van der Waals surface area (Å²) in [4.78, 5) is 13.6. The number of ether oxygens (including phenoxy) is 3. The summed E-state index contributed by atoms with van der Waals surface area (Å²) in [6, 6.07) is 21.7. The first-order valence-corrected chi connectivity index (χ1v) is 10.7. The standard InChI is InChI=1S/C25H20BrNO4/c1-29-14-21-24(17-5-3-2-4-6-17)20-12-18(26)8-9-19(20)25(28)27(21)13-16-7-10-22-23(11-16)31-15-30-22/h2-12H,13-15H2,1H3. The lowest BCUT2D eigenvalue weighted by atomic mass is 9.96. The number of nitrogens with zero attached hydrogens (tertiary/aromatic N) is 1. The normalized spacial score (nSPS) is 12.5. The Kier molecular flexibility index (Phi) is 5.26. The zero-order valence-electron chi connectivity index (χ0n) is 16.9. The summed E-state index contributed by atoms with van der Waals surface area (Å²) >= 11 is 3.56. The van der Waals surface area contributed by atoms with Crippen molar-refractivity contribution in [3.63, 3.8) is 0 Å². The molecule has 4 aromatic rings. The van der Waals surface area contributed by atoms with Gasteiger partial charge in [-0.2, -0.15) is 0 Å². The fourth-order valence-electron chi connectivity index (χ4n) is 4.07. The zero-order chi connectivity index (χ0) is 21.4. The molecule has 0 bridgehead atoms. The molecular formula is C25H20BrNO4. The maximum absolute atomic E-state index is 13.6. The molecule has 0 spiro atoms. The topological polar surface area (TPSA) is 49.7 Å². The van der Waals surface area contributed by atoms with E-state index in [1.54, 1.807) is 11.7 Å². The molecule has 2 heterocycles. The smallest absolute Gasteiger partial charge is 0.259 e. The van der Waals surface area contributed by atoms with Crippen molar-refractivity contribution < 1.29 is 14.2 Å². The summed E-state index contributed by atoms with van der Waals surface area (Å²) in [5.74, 6) is 1.42. The van der Waals surface area contributed by atoms with Crippen LogP contribution in [0.3, 0.4) is 0 Å². The first kappa shape index (κ1) is 19.8. The van der Waals surface area contributed by atoms with Crippen molar-refractivity contribution in [1.29, 1.82) is 0 Å². The van der Waals surface area contributed by atoms with Crippen molar-refractivity contribution in [2.75, 3.05) is 13.9 Å². The molecule has 6 heteroatoms. The molecule has 0 N–H and O–H groups in total. The minimum absolute atomic E-state index is 0.0492. The Balaban J connectivity index is 1.77. The minimum atomic E-state index is -0.0492. The second-order valence-electron chi connectivity index (χ2n) is 7.39. The molecule has 31 heavy (non-hydrogen) atoms. The monoisotopic (exact) mass is 477 g/mol. The Morgan fingerprint density at radius 1 is 0.968 bits per heavy atom. The predicted octanol–water partition coefficient (Wildman–Crippen LogP) is 5.35. The van der Waals surface area contributed by atoms with E-state index in [0.29, 0.717) is 24.3 Å². The van der Waals surface area contributed by atoms with Gasteiger partial charge in [0.25, 0.3) is 5.56 Å². The van der Waals surface area contributed by atoms with Crippen LogP contribution in [0.15, 0.2) is 76.0 Å². The lowest BCUT2D eigenvalue weighted by Gasteiger charge is -2.20. The number of fused-ring (bicyclic) bond motifs is 2. The molecule has 0 atom stereocenters. The van der Waals surface area contributed by atoms with E-state index in [4.69, 9.17) is 14.2 Å². The third-order valence-electron chi connectivity index (χ3n) is 5.46. The first-order valence-electron chi connectivity index (χ1n) is 9.93. The van der Waals surface area contributed by atoms with Gasteiger partial charge in [-0.05, 0) is 46.8 Å². The number of halogens is 1. The molecule has 5 rings (SSSR count). The van der Waals surface area contributed by atoms with Crippen molar-refractivity contribution in [2.45, 2.75) is 13.2 Å². The molecular weight excluding hydrogens is 458 g/mol. The summed E-state index contributed by atoms with van der Waals surface area (Å²) < 4.78 is 19.2. The molecule has 0 amide bonds. The van der Waals surface area contributed by atoms with Gasteiger partial charge in [-0.15, -0.1) is 0 Å². The van der Waals surface area contributed by atoms with Gasteiger partial charge < -0.3 is 18.8 Å². The van der Waals surface area contributed by atoms with Crippen LogP contribution in [-0.2, 0) is 17.9 Å². The molecule has 0 radical (unpaired) electrons. The quantitative estimate of drug-likeness (QED) is 0.388. The Labute approximate surface area is 187 Å². The van der Waals surface area contributed by atoms with Gasteiger partial charge in [-0.3, -0.25) is 4.79 Å². The average Bonchev–Trinajstić information content (AvgIpc) is 3.25. The van der Waals surface area contributed by atoms with Gasteiger partial charge in [0.2, 0.25) is 6.79 Å². The van der Waals surface area contributed by atoms with Crippen molar-refractivity contribution in [1.82, 2.24) is 4.57 Å². The van der Waals surface area contributed by atoms with Crippen LogP contribution < -0.4 is 15.0 Å². The Morgan fingerprint density at radius 2 is 1.77 bits per heavy atom. The summed E-state index contributed by atoms with van der Waals surface area (Å²) in [7, 11) is 1.65. The van der Waals surface area contributed by atoms with Crippen LogP contribution >= 0.6 is 15.9 Å². The van der Waals surface area contributed by atoms with Gasteiger partial charge in [-0.1, -0.05) is 52.3 Å². The number of methoxy groups -OCH3 is 1. The number of benzene rings is 3. The van der Waals surface area contributed by atoms with E-state index in [0.717, 1.165) is 38.0 Å². The second-order valence-corrected chi connectivity index (χ2v) is 8.31. The molecule has 0 saturated carbocycles. The summed E-state index contributed by atoms with van der Waals surface area (Å²) in [5, 5.41) is 1.57. The fourth-order valence-corrected chi connectivity index (χ4v) is 4.43. The van der Waals surface area contributed by atoms with Crippen molar-refractivity contribution in [3.8, 4) is 22.6 Å². The van der Waals surface area contributed by atoms with Gasteiger partial charge in [0.1, 0.15) is 0 Å². The van der Waals surface area contributed by atoms with E-state index in [9.17, 15) is 4.79 Å². The van der Waals surface area contributed by atoms with Crippen LogP contribution in [0.1, 0.15) is 11.3 Å². The van der Waals surface area contributed by atoms with Gasteiger partial charge in [0.05, 0.1) is 18.8 Å². The van der Waals surface area contributed by atoms with Crippen molar-refractivity contribution in [2.24, 2.45) is 0 Å². The van der Waals surface area contributed by atoms with E-state index in [1.807, 2.05) is 54.6 Å². The van der Waals surface area contributed by atoms with E-state index < -0.39 is 0 Å². The molecule has 1 aliphatic rings. The van der Waals surface area contributed by atoms with Crippen LogP contribution in [-0.4, -0.2) is 18.5 Å². The number of aromatic nitrogens is 1. The zero-order valence-corrected chi connectivity index (χ0v) is 18.5. The maximum Gasteiger partial charge on any atom is 0.259 e. The Hall–Kier alpha value is -3.09. The van der Waals surface area contributed by atoms with Crippen molar-refractivity contribution >= 4 is 26.7 Å². The predicted molar refractivity (Wildman–Crippen MR) is 124 cm³/mol. The van der Waals surface area contributed by atoms with E-state index in [-0.39, 0.29) is 12.4 Å². The van der Waals surface area contributed by atoms with Gasteiger partial charge in [0.15, 0.2) is 11.5 Å². The first-order chi connectivity index (χ1) is 15.2. The number of hydrogen-bond acceptors (Lipinski definition) is 4. The third kappa shape index (κ3) is 3.62. The highest BCUT2D eigenvalue weighted by molar-refractivity contribution is 9.10. The lowest BCUT2D eigenvalue weighted by Crippen LogP contribution is -2.26. The largest absolute Gasteiger partial charge is 0.454 e. The molecule has 0 saturated heterocycles. The fraction of sp³-hybridized carbons (Fsp3) is 0.160. The van der Waals surface area contributed by atoms with E-state index in [1.165, 1.54) is 0 Å². The highest BCUT2D eigenvalue weighted by atomic mass is 79.9. The summed E-state index contributed by atoms with van der Waals surface area (Å²) in [5.41, 5.74) is 3.78. The lowest BCUT2D eigenvalue weighted by molar-refractivity contribution is 0.174. The number of hydrogen-bond donors (Lipinski definition) is 0. The number of rotatable bonds is 5. The average molecular weight is 478 g/mol. The third-order valence-corrected chi connectivity index (χ3v) is 5.96. The molecule has 1 aliphatic heterocycles. The van der Waals surface area contributed by atoms with Gasteiger partial charge >= 0.3 is 0 Å². The van der Waals surface area contributed by atoms with E-state index in [2.05, 4.69) is 28.1 Å². The molecule has 0 unspecified atom stereocenters. The Morgan fingerprint density at radius 3 is 2.58 bits per heavy atom. The van der Waals surface area contributed by atoms with Crippen LogP contribution in [0.25, 0.3) is 21.9 Å². The molecule has 3 aromatic carbocycles. The van der Waals surface area contributed by atoms with Crippen LogP contribution in [0.4, 0.5) is 0 Å². The second kappa shape index (κ2) is 8.21. The van der Waals surface area contributed by atoms with E-state index >= 15 is 0 Å². The molecule has 0 fully saturated rings. The summed E-state index contributed by atoms with van der Waals surface area (Å²) in [6.07, 6.45) is 0. The number of pyridine rings is 1. The summed E-state index contributed by atoms with van der Waals surface area (Å²) in [6.45, 7) is 0.934. The Bertz CT molecular complexity index is 1330. The molecule has 156 valence electrons. The van der Waals surface area contributed by atoms with Crippen LogP contribution in [0.2, 0.25) is 0 Å². The van der Waals surface area contributed by atoms with Crippen LogP contribution in [0, 0.1) is 0 Å². The minimum Gasteiger partial charge on any atom is -0.454 e. The van der Waals surface area contributed by atoms with Crippen molar-refractivity contribution in [3.05, 3.63) is 92.8 Å². The molecule has 1 aromatic heterocycles. The highest BCUT2D eigenvalue weighted by Crippen LogP contribution is 2.35. The SMILES string of the molecule is COCc1c(-c2ccccc2)c2cc(Br)ccc2c(=O)n1Cc1ccc2c(c1)OCO2. The molecule has 0 aliphatic carbocycles. The highest BCUT2D eigenvalue weighted by Gasteiger charge is 2.20.